The summed E-state index contributed by atoms with van der Waals surface area (Å²) in [5.41, 5.74) is 2.42. The van der Waals surface area contributed by atoms with E-state index < -0.39 is 9.84 Å². The molecule has 0 unspecified atom stereocenters. The van der Waals surface area contributed by atoms with Crippen LogP contribution >= 0.6 is 0 Å². The molecule has 3 amide bonds. The second-order valence-electron chi connectivity index (χ2n) is 7.94. The molecule has 0 radical (unpaired) electrons. The lowest BCUT2D eigenvalue weighted by atomic mass is 10.1. The van der Waals surface area contributed by atoms with Crippen molar-refractivity contribution in [3.8, 4) is 0 Å². The highest BCUT2D eigenvalue weighted by atomic mass is 32.2. The summed E-state index contributed by atoms with van der Waals surface area (Å²) < 4.78 is 24.4. The summed E-state index contributed by atoms with van der Waals surface area (Å²) in [4.78, 5) is 23.9. The number of rotatable bonds is 10. The van der Waals surface area contributed by atoms with E-state index in [2.05, 4.69) is 16.0 Å². The lowest BCUT2D eigenvalue weighted by Gasteiger charge is -2.16. The van der Waals surface area contributed by atoms with Crippen molar-refractivity contribution in [1.29, 1.82) is 0 Å². The molecule has 31 heavy (non-hydrogen) atoms. The maximum absolute atomic E-state index is 12.2. The Morgan fingerprint density at radius 1 is 1.03 bits per heavy atom. The van der Waals surface area contributed by atoms with Gasteiger partial charge in [-0.3, -0.25) is 4.79 Å². The van der Waals surface area contributed by atoms with Gasteiger partial charge in [-0.05, 0) is 49.4 Å². The predicted octanol–water partition coefficient (Wildman–Crippen LogP) is 3.40. The zero-order valence-corrected chi connectivity index (χ0v) is 18.5. The van der Waals surface area contributed by atoms with E-state index in [9.17, 15) is 18.0 Å². The molecule has 0 saturated heterocycles. The van der Waals surface area contributed by atoms with E-state index in [4.69, 9.17) is 0 Å². The molecule has 1 saturated carbocycles. The number of amides is 3. The van der Waals surface area contributed by atoms with Crippen LogP contribution < -0.4 is 16.0 Å². The number of carbonyl (C=O) groups excluding carboxylic acids is 2. The largest absolute Gasteiger partial charge is 0.338 e. The van der Waals surface area contributed by atoms with Crippen LogP contribution in [0.15, 0.2) is 54.6 Å². The van der Waals surface area contributed by atoms with Crippen molar-refractivity contribution in [3.63, 3.8) is 0 Å². The first kappa shape index (κ1) is 22.8. The minimum absolute atomic E-state index is 0.00811. The van der Waals surface area contributed by atoms with Crippen LogP contribution in [0.4, 0.5) is 10.5 Å². The Kier molecular flexibility index (Phi) is 7.68. The van der Waals surface area contributed by atoms with Crippen LogP contribution in [0.25, 0.3) is 0 Å². The number of urea groups is 1. The molecule has 0 heterocycles. The molecule has 8 heteroatoms. The van der Waals surface area contributed by atoms with Crippen LogP contribution in [0.3, 0.4) is 0 Å². The summed E-state index contributed by atoms with van der Waals surface area (Å²) in [6, 6.07) is 15.9. The van der Waals surface area contributed by atoms with Gasteiger partial charge in [0.2, 0.25) is 5.91 Å². The first-order chi connectivity index (χ1) is 14.8. The summed E-state index contributed by atoms with van der Waals surface area (Å²) in [7, 11) is -3.21. The lowest BCUT2D eigenvalue weighted by molar-refractivity contribution is -0.117. The fourth-order valence-electron chi connectivity index (χ4n) is 3.17. The normalized spacial score (nSPS) is 14.5. The highest BCUT2D eigenvalue weighted by Gasteiger charge is 2.29. The minimum Gasteiger partial charge on any atom is -0.338 e. The molecule has 7 nitrogen and oxygen atoms in total. The molecular weight excluding hydrogens is 414 g/mol. The van der Waals surface area contributed by atoms with Gasteiger partial charge >= 0.3 is 6.03 Å². The van der Waals surface area contributed by atoms with E-state index >= 15 is 0 Å². The minimum atomic E-state index is -3.21. The summed E-state index contributed by atoms with van der Waals surface area (Å²) >= 11 is 0. The Labute approximate surface area is 183 Å². The number of sulfone groups is 1. The Morgan fingerprint density at radius 3 is 2.35 bits per heavy atom. The van der Waals surface area contributed by atoms with Gasteiger partial charge in [0, 0.05) is 18.2 Å². The Hall–Kier alpha value is -2.87. The van der Waals surface area contributed by atoms with Gasteiger partial charge in [0.05, 0.1) is 17.5 Å². The van der Waals surface area contributed by atoms with Crippen LogP contribution in [0.2, 0.25) is 0 Å². The van der Waals surface area contributed by atoms with Crippen LogP contribution in [-0.4, -0.2) is 32.7 Å². The summed E-state index contributed by atoms with van der Waals surface area (Å²) in [6.07, 6.45) is 2.27. The Balaban J connectivity index is 1.36. The van der Waals surface area contributed by atoms with E-state index in [0.29, 0.717) is 6.42 Å². The van der Waals surface area contributed by atoms with Crippen LogP contribution in [0.1, 0.15) is 43.4 Å². The summed E-state index contributed by atoms with van der Waals surface area (Å²) in [6.45, 7) is 2.14. The van der Waals surface area contributed by atoms with Gasteiger partial charge in [-0.1, -0.05) is 42.5 Å². The first-order valence-electron chi connectivity index (χ1n) is 10.5. The fourth-order valence-corrected chi connectivity index (χ4v) is 4.60. The monoisotopic (exact) mass is 443 g/mol. The van der Waals surface area contributed by atoms with Gasteiger partial charge in [0.15, 0.2) is 9.84 Å². The molecule has 1 aliphatic rings. The number of hydrogen-bond acceptors (Lipinski definition) is 4. The van der Waals surface area contributed by atoms with Gasteiger partial charge in [0.1, 0.15) is 0 Å². The van der Waals surface area contributed by atoms with Crippen molar-refractivity contribution in [1.82, 2.24) is 10.6 Å². The number of carbonyl (C=O) groups is 2. The van der Waals surface area contributed by atoms with Gasteiger partial charge in [-0.2, -0.15) is 0 Å². The molecule has 0 aliphatic heterocycles. The number of benzene rings is 2. The Morgan fingerprint density at radius 2 is 1.71 bits per heavy atom. The SMILES string of the molecule is C[C@@H](NC(=O)NCCCS(=O)(=O)Cc1ccccc1)c1ccc(NC(=O)C2CC2)cc1. The zero-order valence-electron chi connectivity index (χ0n) is 17.6. The predicted molar refractivity (Wildman–Crippen MR) is 121 cm³/mol. The van der Waals surface area contributed by atoms with Crippen molar-refractivity contribution in [3.05, 3.63) is 65.7 Å². The molecule has 1 aliphatic carbocycles. The zero-order chi connectivity index (χ0) is 22.3. The fraction of sp³-hybridized carbons (Fsp3) is 0.391. The van der Waals surface area contributed by atoms with Crippen LogP contribution in [0.5, 0.6) is 0 Å². The van der Waals surface area contributed by atoms with E-state index in [1.54, 1.807) is 12.1 Å². The highest BCUT2D eigenvalue weighted by Crippen LogP contribution is 2.30. The lowest BCUT2D eigenvalue weighted by Crippen LogP contribution is -2.38. The quantitative estimate of drug-likeness (QED) is 0.490. The third-order valence-corrected chi connectivity index (χ3v) is 6.80. The molecule has 2 aromatic rings. The average molecular weight is 444 g/mol. The second-order valence-corrected chi connectivity index (χ2v) is 10.1. The number of anilines is 1. The van der Waals surface area contributed by atoms with Crippen molar-refractivity contribution in [2.75, 3.05) is 17.6 Å². The maximum Gasteiger partial charge on any atom is 0.315 e. The maximum atomic E-state index is 12.2. The summed E-state index contributed by atoms with van der Waals surface area (Å²) in [5, 5.41) is 8.43. The van der Waals surface area contributed by atoms with E-state index in [1.165, 1.54) is 0 Å². The standard InChI is InChI=1S/C23H29N3O4S/c1-17(19-10-12-21(13-11-19)26-22(27)20-8-9-20)25-23(28)24-14-5-15-31(29,30)16-18-6-3-2-4-7-18/h2-4,6-7,10-13,17,20H,5,8-9,14-16H2,1H3,(H,26,27)(H2,24,25,28)/t17-/m1/s1. The van der Waals surface area contributed by atoms with E-state index in [-0.39, 0.29) is 41.9 Å². The molecule has 2 aromatic carbocycles. The molecule has 3 N–H and O–H groups in total. The molecule has 166 valence electrons. The van der Waals surface area contributed by atoms with Crippen LogP contribution in [0, 0.1) is 5.92 Å². The third-order valence-electron chi connectivity index (χ3n) is 5.12. The van der Waals surface area contributed by atoms with Gasteiger partial charge in [-0.15, -0.1) is 0 Å². The van der Waals surface area contributed by atoms with Crippen molar-refractivity contribution >= 4 is 27.5 Å². The molecule has 0 aromatic heterocycles. The number of nitrogens with one attached hydrogen (secondary N) is 3. The molecule has 0 bridgehead atoms. The molecule has 1 atom stereocenters. The average Bonchev–Trinajstić information content (AvgIpc) is 3.58. The third kappa shape index (κ3) is 7.71. The van der Waals surface area contributed by atoms with E-state index in [0.717, 1.165) is 29.7 Å². The van der Waals surface area contributed by atoms with Crippen molar-refractivity contribution in [2.24, 2.45) is 5.92 Å². The smallest absolute Gasteiger partial charge is 0.315 e. The molecule has 0 spiro atoms. The van der Waals surface area contributed by atoms with Gasteiger partial charge in [-0.25, -0.2) is 13.2 Å². The molecule has 1 fully saturated rings. The Bertz CT molecular complexity index is 987. The van der Waals surface area contributed by atoms with Gasteiger partial charge in [0.25, 0.3) is 0 Å². The van der Waals surface area contributed by atoms with E-state index in [1.807, 2.05) is 49.4 Å². The topological polar surface area (TPSA) is 104 Å². The van der Waals surface area contributed by atoms with Gasteiger partial charge < -0.3 is 16.0 Å². The summed E-state index contributed by atoms with van der Waals surface area (Å²) in [5.74, 6) is 0.237. The van der Waals surface area contributed by atoms with Crippen LogP contribution in [-0.2, 0) is 20.4 Å². The molecule has 3 rings (SSSR count). The van der Waals surface area contributed by atoms with Crippen molar-refractivity contribution < 1.29 is 18.0 Å². The van der Waals surface area contributed by atoms with Crippen molar-refractivity contribution in [2.45, 2.75) is 38.0 Å². The number of hydrogen-bond donors (Lipinski definition) is 3. The molecular formula is C23H29N3O4S. The first-order valence-corrected chi connectivity index (χ1v) is 12.3. The highest BCUT2D eigenvalue weighted by molar-refractivity contribution is 7.90. The second kappa shape index (κ2) is 10.4.